The summed E-state index contributed by atoms with van der Waals surface area (Å²) in [7, 11) is 0. The summed E-state index contributed by atoms with van der Waals surface area (Å²) in [5.41, 5.74) is 0. The minimum Gasteiger partial charge on any atom is -0.380 e. The molecule has 0 bridgehead atoms. The van der Waals surface area contributed by atoms with Crippen molar-refractivity contribution >= 4 is 11.6 Å². The minimum absolute atomic E-state index is 0.425. The zero-order chi connectivity index (χ0) is 11.1. The SMILES string of the molecule is CC(C)COCCNCC1CCC(Cl)C1. The highest BCUT2D eigenvalue weighted by atomic mass is 35.5. The molecular weight excluding hydrogens is 210 g/mol. The molecule has 1 N–H and O–H groups in total. The average molecular weight is 234 g/mol. The van der Waals surface area contributed by atoms with Gasteiger partial charge in [-0.25, -0.2) is 0 Å². The van der Waals surface area contributed by atoms with Gasteiger partial charge in [0, 0.05) is 18.5 Å². The van der Waals surface area contributed by atoms with E-state index in [2.05, 4.69) is 19.2 Å². The first-order valence-corrected chi connectivity index (χ1v) is 6.54. The van der Waals surface area contributed by atoms with Gasteiger partial charge < -0.3 is 10.1 Å². The molecule has 0 aromatic heterocycles. The largest absolute Gasteiger partial charge is 0.380 e. The fraction of sp³-hybridized carbons (Fsp3) is 1.00. The van der Waals surface area contributed by atoms with E-state index in [4.69, 9.17) is 16.3 Å². The van der Waals surface area contributed by atoms with Crippen molar-refractivity contribution < 1.29 is 4.74 Å². The lowest BCUT2D eigenvalue weighted by Gasteiger charge is -2.11. The van der Waals surface area contributed by atoms with E-state index in [1.165, 1.54) is 19.3 Å². The van der Waals surface area contributed by atoms with Crippen molar-refractivity contribution in [2.24, 2.45) is 11.8 Å². The Labute approximate surface area is 98.7 Å². The van der Waals surface area contributed by atoms with Crippen LogP contribution in [0.3, 0.4) is 0 Å². The van der Waals surface area contributed by atoms with Crippen LogP contribution in [0.4, 0.5) is 0 Å². The van der Waals surface area contributed by atoms with E-state index in [-0.39, 0.29) is 0 Å². The van der Waals surface area contributed by atoms with Gasteiger partial charge in [0.25, 0.3) is 0 Å². The Balaban J connectivity index is 1.85. The first-order valence-electron chi connectivity index (χ1n) is 6.11. The van der Waals surface area contributed by atoms with Crippen LogP contribution >= 0.6 is 11.6 Å². The summed E-state index contributed by atoms with van der Waals surface area (Å²) in [6, 6.07) is 0. The zero-order valence-corrected chi connectivity index (χ0v) is 10.7. The van der Waals surface area contributed by atoms with Crippen LogP contribution in [0, 0.1) is 11.8 Å². The topological polar surface area (TPSA) is 21.3 Å². The number of halogens is 1. The molecule has 1 aliphatic carbocycles. The van der Waals surface area contributed by atoms with E-state index in [1.807, 2.05) is 0 Å². The second kappa shape index (κ2) is 7.48. The molecule has 0 aliphatic heterocycles. The maximum absolute atomic E-state index is 6.05. The van der Waals surface area contributed by atoms with Gasteiger partial charge in [-0.3, -0.25) is 0 Å². The Kier molecular flexibility index (Phi) is 6.62. The molecule has 1 saturated carbocycles. The number of hydrogen-bond acceptors (Lipinski definition) is 2. The molecular formula is C12H24ClNO. The summed E-state index contributed by atoms with van der Waals surface area (Å²) < 4.78 is 5.49. The molecule has 2 nitrogen and oxygen atoms in total. The van der Waals surface area contributed by atoms with Gasteiger partial charge in [0.05, 0.1) is 6.61 Å². The Morgan fingerprint density at radius 1 is 1.40 bits per heavy atom. The molecule has 90 valence electrons. The number of nitrogens with one attached hydrogen (secondary N) is 1. The van der Waals surface area contributed by atoms with Crippen LogP contribution in [0.15, 0.2) is 0 Å². The van der Waals surface area contributed by atoms with Gasteiger partial charge in [0.2, 0.25) is 0 Å². The predicted molar refractivity (Wildman–Crippen MR) is 65.5 cm³/mol. The molecule has 3 heteroatoms. The van der Waals surface area contributed by atoms with Crippen molar-refractivity contribution in [3.8, 4) is 0 Å². The first kappa shape index (κ1) is 13.3. The highest BCUT2D eigenvalue weighted by Gasteiger charge is 2.21. The lowest BCUT2D eigenvalue weighted by molar-refractivity contribution is 0.111. The van der Waals surface area contributed by atoms with Gasteiger partial charge in [0.1, 0.15) is 0 Å². The molecule has 1 rings (SSSR count). The van der Waals surface area contributed by atoms with Gasteiger partial charge in [-0.05, 0) is 37.6 Å². The number of alkyl halides is 1. The summed E-state index contributed by atoms with van der Waals surface area (Å²) in [6.45, 7) is 8.12. The molecule has 15 heavy (non-hydrogen) atoms. The van der Waals surface area contributed by atoms with Crippen LogP contribution < -0.4 is 5.32 Å². The van der Waals surface area contributed by atoms with Crippen molar-refractivity contribution in [2.45, 2.75) is 38.5 Å². The summed E-state index contributed by atoms with van der Waals surface area (Å²) in [4.78, 5) is 0. The average Bonchev–Trinajstić information content (AvgIpc) is 2.57. The summed E-state index contributed by atoms with van der Waals surface area (Å²) in [5.74, 6) is 1.43. The monoisotopic (exact) mass is 233 g/mol. The molecule has 1 aliphatic rings. The molecule has 0 radical (unpaired) electrons. The number of rotatable bonds is 7. The molecule has 1 fully saturated rings. The summed E-state index contributed by atoms with van der Waals surface area (Å²) in [5, 5.41) is 3.86. The third-order valence-corrected chi connectivity index (χ3v) is 3.18. The van der Waals surface area contributed by atoms with Crippen LogP contribution in [0.5, 0.6) is 0 Å². The Morgan fingerprint density at radius 2 is 2.20 bits per heavy atom. The zero-order valence-electron chi connectivity index (χ0n) is 9.97. The van der Waals surface area contributed by atoms with Crippen molar-refractivity contribution in [3.63, 3.8) is 0 Å². The highest BCUT2D eigenvalue weighted by Crippen LogP contribution is 2.28. The lowest BCUT2D eigenvalue weighted by atomic mass is 10.1. The third-order valence-electron chi connectivity index (χ3n) is 2.78. The van der Waals surface area contributed by atoms with E-state index >= 15 is 0 Å². The molecule has 0 aromatic rings. The van der Waals surface area contributed by atoms with Crippen LogP contribution in [-0.2, 0) is 4.74 Å². The van der Waals surface area contributed by atoms with Gasteiger partial charge in [-0.2, -0.15) is 0 Å². The third kappa shape index (κ3) is 6.39. The minimum atomic E-state index is 0.425. The molecule has 0 saturated heterocycles. The standard InChI is InChI=1S/C12H24ClNO/c1-10(2)9-15-6-5-14-8-11-3-4-12(13)7-11/h10-12,14H,3-9H2,1-2H3. The van der Waals surface area contributed by atoms with Crippen LogP contribution in [0.25, 0.3) is 0 Å². The quantitative estimate of drug-likeness (QED) is 0.539. The second-order valence-electron chi connectivity index (χ2n) is 4.95. The van der Waals surface area contributed by atoms with Crippen molar-refractivity contribution in [2.75, 3.05) is 26.3 Å². The van der Waals surface area contributed by atoms with Crippen molar-refractivity contribution in [1.29, 1.82) is 0 Å². The van der Waals surface area contributed by atoms with Gasteiger partial charge in [-0.1, -0.05) is 13.8 Å². The molecule has 0 aromatic carbocycles. The molecule has 0 amide bonds. The van der Waals surface area contributed by atoms with Crippen LogP contribution in [0.2, 0.25) is 0 Å². The number of hydrogen-bond donors (Lipinski definition) is 1. The second-order valence-corrected chi connectivity index (χ2v) is 5.57. The van der Waals surface area contributed by atoms with Gasteiger partial charge >= 0.3 is 0 Å². The maximum atomic E-state index is 6.05. The van der Waals surface area contributed by atoms with E-state index in [1.54, 1.807) is 0 Å². The molecule has 0 heterocycles. The Hall–Kier alpha value is 0.210. The van der Waals surface area contributed by atoms with Crippen molar-refractivity contribution in [3.05, 3.63) is 0 Å². The van der Waals surface area contributed by atoms with Crippen LogP contribution in [-0.4, -0.2) is 31.7 Å². The van der Waals surface area contributed by atoms with E-state index < -0.39 is 0 Å². The fourth-order valence-electron chi connectivity index (χ4n) is 1.97. The smallest absolute Gasteiger partial charge is 0.0591 e. The summed E-state index contributed by atoms with van der Waals surface area (Å²) >= 11 is 6.05. The van der Waals surface area contributed by atoms with Crippen LogP contribution in [0.1, 0.15) is 33.1 Å². The van der Waals surface area contributed by atoms with E-state index in [9.17, 15) is 0 Å². The summed E-state index contributed by atoms with van der Waals surface area (Å²) in [6.07, 6.45) is 3.66. The predicted octanol–water partition coefficient (Wildman–Crippen LogP) is 2.66. The van der Waals surface area contributed by atoms with E-state index in [0.29, 0.717) is 11.3 Å². The van der Waals surface area contributed by atoms with Crippen molar-refractivity contribution in [1.82, 2.24) is 5.32 Å². The van der Waals surface area contributed by atoms with Gasteiger partial charge in [0.15, 0.2) is 0 Å². The van der Waals surface area contributed by atoms with E-state index in [0.717, 1.165) is 32.2 Å². The Bertz CT molecular complexity index is 164. The first-order chi connectivity index (χ1) is 7.18. The Morgan fingerprint density at radius 3 is 2.80 bits per heavy atom. The number of ether oxygens (including phenoxy) is 1. The maximum Gasteiger partial charge on any atom is 0.0591 e. The highest BCUT2D eigenvalue weighted by molar-refractivity contribution is 6.20. The molecule has 2 atom stereocenters. The molecule has 2 unspecified atom stereocenters. The lowest BCUT2D eigenvalue weighted by Crippen LogP contribution is -2.25. The fourth-order valence-corrected chi connectivity index (χ4v) is 2.35. The van der Waals surface area contributed by atoms with Gasteiger partial charge in [-0.15, -0.1) is 11.6 Å². The normalized spacial score (nSPS) is 26.4. The molecule has 0 spiro atoms.